The largest absolute Gasteiger partial charge is 0.508 e. The number of carbonyl (C=O) groups is 1. The fourth-order valence-electron chi connectivity index (χ4n) is 4.16. The van der Waals surface area contributed by atoms with Gasteiger partial charge in [-0.25, -0.2) is 14.8 Å². The fourth-order valence-corrected chi connectivity index (χ4v) is 5.23. The van der Waals surface area contributed by atoms with E-state index in [1.54, 1.807) is 35.2 Å². The Morgan fingerprint density at radius 3 is 2.34 bits per heavy atom. The number of carbonyl (C=O) groups excluding carboxylic acids is 1. The molecule has 0 spiro atoms. The van der Waals surface area contributed by atoms with Crippen molar-refractivity contribution in [1.29, 1.82) is 0 Å². The Bertz CT molecular complexity index is 1770. The van der Waals surface area contributed by atoms with Crippen molar-refractivity contribution in [3.8, 4) is 28.4 Å². The Labute approximate surface area is 222 Å². The highest BCUT2D eigenvalue weighted by Gasteiger charge is 2.17. The van der Waals surface area contributed by atoms with Crippen molar-refractivity contribution in [2.75, 3.05) is 0 Å². The molecule has 0 aliphatic rings. The topological polar surface area (TPSA) is 97.3 Å². The summed E-state index contributed by atoms with van der Waals surface area (Å²) >= 11 is 1.37. The van der Waals surface area contributed by atoms with Gasteiger partial charge >= 0.3 is 0 Å². The Morgan fingerprint density at radius 1 is 0.947 bits per heavy atom. The number of thiophene rings is 1. The smallest absolute Gasteiger partial charge is 0.281 e. The van der Waals surface area contributed by atoms with Crippen LogP contribution in [0, 0.1) is 6.92 Å². The van der Waals surface area contributed by atoms with Gasteiger partial charge in [0, 0.05) is 22.7 Å². The van der Waals surface area contributed by atoms with E-state index in [4.69, 9.17) is 5.10 Å². The summed E-state index contributed by atoms with van der Waals surface area (Å²) in [5.41, 5.74) is 7.54. The third-order valence-corrected chi connectivity index (χ3v) is 7.15. The number of fused-ring (bicyclic) bond motifs is 1. The predicted molar refractivity (Wildman–Crippen MR) is 149 cm³/mol. The predicted octanol–water partition coefficient (Wildman–Crippen LogP) is 5.72. The number of hydrazone groups is 1. The molecule has 0 bridgehead atoms. The lowest BCUT2D eigenvalue weighted by molar-refractivity contribution is 0.0959. The molecule has 3 heterocycles. The Morgan fingerprint density at radius 2 is 1.63 bits per heavy atom. The van der Waals surface area contributed by atoms with Crippen molar-refractivity contribution in [2.45, 2.75) is 6.92 Å². The molecular formula is C29H22N6O2S. The first-order valence-electron chi connectivity index (χ1n) is 11.9. The number of hydrogen-bond acceptors (Lipinski definition) is 6. The van der Waals surface area contributed by atoms with Crippen molar-refractivity contribution in [2.24, 2.45) is 5.10 Å². The molecule has 2 N–H and O–H groups in total. The van der Waals surface area contributed by atoms with Crippen LogP contribution in [0.5, 0.6) is 5.75 Å². The summed E-state index contributed by atoms with van der Waals surface area (Å²) < 4.78 is 3.62. The number of phenolic OH excluding ortho intramolecular Hbond substituents is 1. The van der Waals surface area contributed by atoms with Gasteiger partial charge in [0.15, 0.2) is 0 Å². The van der Waals surface area contributed by atoms with Crippen molar-refractivity contribution in [3.63, 3.8) is 0 Å². The van der Waals surface area contributed by atoms with Crippen LogP contribution in [0.25, 0.3) is 32.8 Å². The normalized spacial score (nSPS) is 11.4. The second kappa shape index (κ2) is 9.79. The zero-order valence-electron chi connectivity index (χ0n) is 20.3. The van der Waals surface area contributed by atoms with E-state index in [1.807, 2.05) is 84.5 Å². The lowest BCUT2D eigenvalue weighted by Crippen LogP contribution is -2.16. The van der Waals surface area contributed by atoms with Crippen molar-refractivity contribution < 1.29 is 9.90 Å². The van der Waals surface area contributed by atoms with Crippen molar-refractivity contribution in [1.82, 2.24) is 25.0 Å². The summed E-state index contributed by atoms with van der Waals surface area (Å²) in [5.74, 6) is -0.129. The van der Waals surface area contributed by atoms with Gasteiger partial charge in [0.2, 0.25) is 0 Å². The van der Waals surface area contributed by atoms with E-state index < -0.39 is 0 Å². The first-order chi connectivity index (χ1) is 18.6. The summed E-state index contributed by atoms with van der Waals surface area (Å²) in [4.78, 5) is 14.4. The van der Waals surface area contributed by atoms with Crippen LogP contribution in [0.2, 0.25) is 0 Å². The molecule has 3 aromatic heterocycles. The molecule has 6 aromatic rings. The van der Waals surface area contributed by atoms with Gasteiger partial charge in [0.05, 0.1) is 28.2 Å². The van der Waals surface area contributed by atoms with Crippen LogP contribution in [0.15, 0.2) is 102 Å². The van der Waals surface area contributed by atoms with Crippen molar-refractivity contribution >= 4 is 33.7 Å². The standard InChI is InChI=1S/C29H22N6O2S/c1-19-25-16-26(38-29(25)35(32-19)23-10-6-3-7-11-23)28(37)31-30-17-21-18-34(22-8-4-2-5-9-22)33-27(21)20-12-14-24(36)15-13-20/h2-18,36H,1H3,(H,31,37)/b30-17+. The minimum atomic E-state index is -0.303. The van der Waals surface area contributed by atoms with E-state index >= 15 is 0 Å². The highest BCUT2D eigenvalue weighted by Crippen LogP contribution is 2.30. The summed E-state index contributed by atoms with van der Waals surface area (Å²) in [5, 5.41) is 24.2. The van der Waals surface area contributed by atoms with E-state index in [0.717, 1.165) is 32.8 Å². The maximum atomic E-state index is 13.0. The Balaban J connectivity index is 1.28. The average Bonchev–Trinajstić information content (AvgIpc) is 3.65. The summed E-state index contributed by atoms with van der Waals surface area (Å²) in [6.07, 6.45) is 3.43. The van der Waals surface area contributed by atoms with Gasteiger partial charge in [-0.1, -0.05) is 36.4 Å². The van der Waals surface area contributed by atoms with Gasteiger partial charge in [0.1, 0.15) is 16.3 Å². The van der Waals surface area contributed by atoms with Gasteiger partial charge < -0.3 is 5.11 Å². The van der Waals surface area contributed by atoms with Crippen molar-refractivity contribution in [3.05, 3.63) is 113 Å². The zero-order chi connectivity index (χ0) is 26.1. The van der Waals surface area contributed by atoms with Crippen LogP contribution in [-0.4, -0.2) is 36.8 Å². The molecule has 0 aliphatic heterocycles. The Hall–Kier alpha value is -5.02. The number of hydrogen-bond donors (Lipinski definition) is 2. The maximum absolute atomic E-state index is 13.0. The minimum absolute atomic E-state index is 0.174. The molecular weight excluding hydrogens is 496 g/mol. The van der Waals surface area contributed by atoms with Gasteiger partial charge in [-0.15, -0.1) is 11.3 Å². The quantitative estimate of drug-likeness (QED) is 0.218. The molecule has 38 heavy (non-hydrogen) atoms. The highest BCUT2D eigenvalue weighted by atomic mass is 32.1. The molecule has 0 unspecified atom stereocenters. The molecule has 3 aromatic carbocycles. The third kappa shape index (κ3) is 4.46. The van der Waals surface area contributed by atoms with Gasteiger partial charge in [0.25, 0.3) is 5.91 Å². The van der Waals surface area contributed by atoms with E-state index in [1.165, 1.54) is 11.3 Å². The lowest BCUT2D eigenvalue weighted by atomic mass is 10.1. The number of aromatic hydroxyl groups is 1. The molecule has 8 nitrogen and oxygen atoms in total. The number of nitrogens with zero attached hydrogens (tertiary/aromatic N) is 5. The molecule has 186 valence electrons. The molecule has 0 saturated carbocycles. The molecule has 0 fully saturated rings. The highest BCUT2D eigenvalue weighted by molar-refractivity contribution is 7.20. The monoisotopic (exact) mass is 518 g/mol. The van der Waals surface area contributed by atoms with E-state index in [0.29, 0.717) is 16.1 Å². The molecule has 6 rings (SSSR count). The van der Waals surface area contributed by atoms with Crippen LogP contribution in [0.4, 0.5) is 0 Å². The van der Waals surface area contributed by atoms with Crippen LogP contribution < -0.4 is 5.43 Å². The molecule has 0 radical (unpaired) electrons. The van der Waals surface area contributed by atoms with Crippen LogP contribution >= 0.6 is 11.3 Å². The lowest BCUT2D eigenvalue weighted by Gasteiger charge is -2.01. The SMILES string of the molecule is Cc1nn(-c2ccccc2)c2sc(C(=O)N/N=C/c3cn(-c4ccccc4)nc3-c3ccc(O)cc3)cc12. The second-order valence-corrected chi connectivity index (χ2v) is 9.65. The maximum Gasteiger partial charge on any atom is 0.281 e. The summed E-state index contributed by atoms with van der Waals surface area (Å²) in [6.45, 7) is 1.93. The number of amides is 1. The van der Waals surface area contributed by atoms with Crippen LogP contribution in [0.3, 0.4) is 0 Å². The minimum Gasteiger partial charge on any atom is -0.508 e. The Kier molecular flexibility index (Phi) is 6.03. The van der Waals surface area contributed by atoms with Gasteiger partial charge in [-0.05, 0) is 61.5 Å². The molecule has 0 saturated heterocycles. The number of aryl methyl sites for hydroxylation is 1. The molecule has 9 heteroatoms. The first-order valence-corrected chi connectivity index (χ1v) is 12.7. The average molecular weight is 519 g/mol. The van der Waals surface area contributed by atoms with E-state index in [2.05, 4.69) is 15.6 Å². The number of phenols is 1. The molecule has 0 atom stereocenters. The molecule has 1 amide bonds. The van der Waals surface area contributed by atoms with Gasteiger partial charge in [-0.2, -0.15) is 15.3 Å². The summed E-state index contributed by atoms with van der Waals surface area (Å²) in [7, 11) is 0. The van der Waals surface area contributed by atoms with E-state index in [-0.39, 0.29) is 11.7 Å². The third-order valence-electron chi connectivity index (χ3n) is 6.04. The number of para-hydroxylation sites is 2. The first kappa shape index (κ1) is 23.4. The number of rotatable bonds is 6. The summed E-state index contributed by atoms with van der Waals surface area (Å²) in [6, 6.07) is 28.2. The van der Waals surface area contributed by atoms with Crippen LogP contribution in [-0.2, 0) is 0 Å². The fraction of sp³-hybridized carbons (Fsp3) is 0.0345. The zero-order valence-corrected chi connectivity index (χ0v) is 21.1. The van der Waals surface area contributed by atoms with Gasteiger partial charge in [-0.3, -0.25) is 4.79 Å². The second-order valence-electron chi connectivity index (χ2n) is 8.62. The van der Waals surface area contributed by atoms with E-state index in [9.17, 15) is 9.90 Å². The number of benzene rings is 3. The number of aromatic nitrogens is 4. The molecule has 0 aliphatic carbocycles. The van der Waals surface area contributed by atoms with Crippen LogP contribution in [0.1, 0.15) is 20.9 Å². The number of nitrogens with one attached hydrogen (secondary N) is 1.